The maximum absolute atomic E-state index is 12.2. The summed E-state index contributed by atoms with van der Waals surface area (Å²) in [5, 5.41) is 10.9. The van der Waals surface area contributed by atoms with Crippen LogP contribution >= 0.6 is 0 Å². The zero-order valence-electron chi connectivity index (χ0n) is 23.0. The number of hydrogen-bond donors (Lipinski definition) is 3. The van der Waals surface area contributed by atoms with Gasteiger partial charge in [-0.2, -0.15) is 10.1 Å². The number of benzene rings is 2. The van der Waals surface area contributed by atoms with Gasteiger partial charge in [0.2, 0.25) is 11.9 Å². The Kier molecular flexibility index (Phi) is 7.95. The first-order chi connectivity index (χ1) is 19.9. The molecule has 2 aromatic heterocycles. The van der Waals surface area contributed by atoms with Gasteiger partial charge in [0.25, 0.3) is 5.91 Å². The highest BCUT2D eigenvalue weighted by molar-refractivity contribution is 5.98. The van der Waals surface area contributed by atoms with E-state index < -0.39 is 5.91 Å². The van der Waals surface area contributed by atoms with Gasteiger partial charge in [0.1, 0.15) is 17.1 Å². The van der Waals surface area contributed by atoms with E-state index in [0.29, 0.717) is 30.2 Å². The van der Waals surface area contributed by atoms with E-state index in [-0.39, 0.29) is 29.3 Å². The molecule has 0 radical (unpaired) electrons. The molecule has 0 aliphatic carbocycles. The fourth-order valence-corrected chi connectivity index (χ4v) is 4.94. The number of nitrogens with two attached hydrogens (primary N) is 1. The third kappa shape index (κ3) is 6.03. The molecule has 3 heterocycles. The summed E-state index contributed by atoms with van der Waals surface area (Å²) in [5.74, 6) is 0.332. The average Bonchev–Trinajstić information content (AvgIpc) is 3.46. The number of likely N-dealkylation sites (tertiary alicyclic amines) is 1. The number of nitrogens with zero attached hydrogens (tertiary/aromatic N) is 5. The average molecular weight is 553 g/mol. The molecule has 1 unspecified atom stereocenters. The van der Waals surface area contributed by atoms with Crippen LogP contribution in [0.4, 0.5) is 23.1 Å². The Morgan fingerprint density at radius 1 is 1.15 bits per heavy atom. The molecule has 1 atom stereocenters. The van der Waals surface area contributed by atoms with Gasteiger partial charge in [-0.05, 0) is 54.7 Å². The maximum Gasteiger partial charge on any atom is 0.254 e. The van der Waals surface area contributed by atoms with Crippen LogP contribution in [0.5, 0.6) is 5.75 Å². The number of aromatic nitrogens is 4. The van der Waals surface area contributed by atoms with E-state index in [9.17, 15) is 9.59 Å². The van der Waals surface area contributed by atoms with Crippen molar-refractivity contribution in [2.75, 3.05) is 30.8 Å². The Balaban J connectivity index is 1.39. The van der Waals surface area contributed by atoms with Crippen molar-refractivity contribution >= 4 is 35.0 Å². The van der Waals surface area contributed by atoms with Crippen LogP contribution in [0.2, 0.25) is 0 Å². The molecular formula is C30H32N8O3. The highest BCUT2D eigenvalue weighted by Gasteiger charge is 2.24. The van der Waals surface area contributed by atoms with E-state index in [1.165, 1.54) is 12.3 Å². The van der Waals surface area contributed by atoms with Crippen LogP contribution in [0.1, 0.15) is 34.8 Å². The summed E-state index contributed by atoms with van der Waals surface area (Å²) < 4.78 is 7.54. The summed E-state index contributed by atoms with van der Waals surface area (Å²) in [6.45, 7) is 6.81. The van der Waals surface area contributed by atoms with E-state index in [0.717, 1.165) is 29.5 Å². The van der Waals surface area contributed by atoms with Crippen molar-refractivity contribution in [1.82, 2.24) is 24.6 Å². The van der Waals surface area contributed by atoms with Crippen LogP contribution in [-0.4, -0.2) is 56.7 Å². The number of rotatable bonds is 9. The Morgan fingerprint density at radius 2 is 1.95 bits per heavy atom. The van der Waals surface area contributed by atoms with E-state index in [1.54, 1.807) is 18.2 Å². The minimum Gasteiger partial charge on any atom is -0.495 e. The standard InChI is InChI=1S/C30H32N8O3/c1-4-26(39)37-12-8-11-23(18-37)38-17-22(15-33-38)34-30-32-16-24(28(31)40)29(36-30)35-27-19(2)13-21(14-25(27)41-3)20-9-6-5-7-10-20/h4-7,9-10,13-17,23H,1,8,11-12,18H2,2-3H3,(H2,31,40)(H2,32,34,35,36). The van der Waals surface area contributed by atoms with Crippen LogP contribution in [0.3, 0.4) is 0 Å². The van der Waals surface area contributed by atoms with Gasteiger partial charge in [-0.15, -0.1) is 0 Å². The van der Waals surface area contributed by atoms with Crippen LogP contribution in [0.15, 0.2) is 73.7 Å². The fourth-order valence-electron chi connectivity index (χ4n) is 4.94. The zero-order valence-corrected chi connectivity index (χ0v) is 23.0. The summed E-state index contributed by atoms with van der Waals surface area (Å²) in [7, 11) is 1.59. The molecule has 5 rings (SSSR count). The summed E-state index contributed by atoms with van der Waals surface area (Å²) in [6.07, 6.45) is 8.03. The number of carbonyl (C=O) groups is 2. The number of carbonyl (C=O) groups excluding carboxylic acids is 2. The molecule has 4 N–H and O–H groups in total. The second-order valence-electron chi connectivity index (χ2n) is 9.80. The van der Waals surface area contributed by atoms with Gasteiger partial charge in [0.15, 0.2) is 0 Å². The van der Waals surface area contributed by atoms with Gasteiger partial charge in [-0.3, -0.25) is 14.3 Å². The van der Waals surface area contributed by atoms with E-state index >= 15 is 0 Å². The molecule has 11 nitrogen and oxygen atoms in total. The Hall–Kier alpha value is -5.19. The summed E-state index contributed by atoms with van der Waals surface area (Å²) in [5.41, 5.74) is 10.0. The smallest absolute Gasteiger partial charge is 0.254 e. The lowest BCUT2D eigenvalue weighted by Crippen LogP contribution is -2.39. The number of methoxy groups -OCH3 is 1. The molecular weight excluding hydrogens is 520 g/mol. The number of primary amides is 1. The fraction of sp³-hybridized carbons (Fsp3) is 0.233. The summed E-state index contributed by atoms with van der Waals surface area (Å²) in [6, 6.07) is 14.0. The molecule has 41 heavy (non-hydrogen) atoms. The van der Waals surface area contributed by atoms with Gasteiger partial charge < -0.3 is 26.0 Å². The second kappa shape index (κ2) is 11.9. The molecule has 0 spiro atoms. The summed E-state index contributed by atoms with van der Waals surface area (Å²) >= 11 is 0. The van der Waals surface area contributed by atoms with Crippen LogP contribution < -0.4 is 21.1 Å². The first kappa shape index (κ1) is 27.4. The van der Waals surface area contributed by atoms with Crippen molar-refractivity contribution in [2.24, 2.45) is 5.73 Å². The number of aryl methyl sites for hydroxylation is 1. The van der Waals surface area contributed by atoms with Crippen molar-refractivity contribution < 1.29 is 14.3 Å². The second-order valence-corrected chi connectivity index (χ2v) is 9.80. The monoisotopic (exact) mass is 552 g/mol. The molecule has 210 valence electrons. The van der Waals surface area contributed by atoms with Crippen molar-refractivity contribution in [2.45, 2.75) is 25.8 Å². The third-order valence-electron chi connectivity index (χ3n) is 7.04. The van der Waals surface area contributed by atoms with Gasteiger partial charge in [-0.25, -0.2) is 4.98 Å². The number of amides is 2. The molecule has 2 aromatic carbocycles. The lowest BCUT2D eigenvalue weighted by molar-refractivity contribution is -0.127. The summed E-state index contributed by atoms with van der Waals surface area (Å²) in [4.78, 5) is 34.9. The topological polar surface area (TPSA) is 140 Å². The Labute approximate surface area is 238 Å². The lowest BCUT2D eigenvalue weighted by atomic mass is 10.0. The van der Waals surface area contributed by atoms with Gasteiger partial charge >= 0.3 is 0 Å². The normalized spacial score (nSPS) is 14.8. The highest BCUT2D eigenvalue weighted by atomic mass is 16.5. The lowest BCUT2D eigenvalue weighted by Gasteiger charge is -2.32. The van der Waals surface area contributed by atoms with Crippen molar-refractivity contribution in [3.8, 4) is 16.9 Å². The molecule has 1 aliphatic heterocycles. The molecule has 1 fully saturated rings. The predicted octanol–water partition coefficient (Wildman–Crippen LogP) is 4.59. The molecule has 1 saturated heterocycles. The van der Waals surface area contributed by atoms with Crippen molar-refractivity contribution in [1.29, 1.82) is 0 Å². The SMILES string of the molecule is C=CC(=O)N1CCCC(n2cc(Nc3ncc(C(N)=O)c(Nc4c(C)cc(-c5ccccc5)cc4OC)n3)cn2)C1. The quantitative estimate of drug-likeness (QED) is 0.256. The van der Waals surface area contributed by atoms with Gasteiger partial charge in [0.05, 0.1) is 30.7 Å². The molecule has 0 bridgehead atoms. The number of ether oxygens (including phenoxy) is 1. The maximum atomic E-state index is 12.2. The number of nitrogens with one attached hydrogen (secondary N) is 2. The van der Waals surface area contributed by atoms with Gasteiger partial charge in [0, 0.05) is 25.5 Å². The van der Waals surface area contributed by atoms with E-state index in [1.807, 2.05) is 60.3 Å². The largest absolute Gasteiger partial charge is 0.495 e. The number of piperidine rings is 1. The molecule has 4 aromatic rings. The first-order valence-electron chi connectivity index (χ1n) is 13.3. The molecule has 11 heteroatoms. The van der Waals surface area contributed by atoms with Crippen molar-refractivity contribution in [3.05, 3.63) is 84.8 Å². The van der Waals surface area contributed by atoms with Crippen molar-refractivity contribution in [3.63, 3.8) is 0 Å². The van der Waals surface area contributed by atoms with Crippen LogP contribution in [-0.2, 0) is 4.79 Å². The number of hydrogen-bond acceptors (Lipinski definition) is 8. The van der Waals surface area contributed by atoms with E-state index in [4.69, 9.17) is 10.5 Å². The molecule has 2 amide bonds. The van der Waals surface area contributed by atoms with Crippen LogP contribution in [0.25, 0.3) is 11.1 Å². The Morgan fingerprint density at radius 3 is 2.68 bits per heavy atom. The minimum absolute atomic E-state index is 0.0490. The molecule has 1 aliphatic rings. The zero-order chi connectivity index (χ0) is 28.9. The third-order valence-corrected chi connectivity index (χ3v) is 7.04. The van der Waals surface area contributed by atoms with Crippen LogP contribution in [0, 0.1) is 6.92 Å². The van der Waals surface area contributed by atoms with Gasteiger partial charge in [-0.1, -0.05) is 36.9 Å². The van der Waals surface area contributed by atoms with E-state index in [2.05, 4.69) is 32.3 Å². The minimum atomic E-state index is -0.666. The number of anilines is 4. The predicted molar refractivity (Wildman–Crippen MR) is 158 cm³/mol. The highest BCUT2D eigenvalue weighted by Crippen LogP contribution is 2.36. The first-order valence-corrected chi connectivity index (χ1v) is 13.3. The Bertz CT molecular complexity index is 1580. The molecule has 0 saturated carbocycles.